The van der Waals surface area contributed by atoms with Crippen molar-refractivity contribution in [2.24, 2.45) is 15.9 Å². The fourth-order valence-electron chi connectivity index (χ4n) is 3.65. The van der Waals surface area contributed by atoms with E-state index >= 15 is 0 Å². The van der Waals surface area contributed by atoms with Gasteiger partial charge < -0.3 is 5.32 Å². The van der Waals surface area contributed by atoms with Crippen LogP contribution in [0.3, 0.4) is 0 Å². The number of carbonyl (C=O) groups excluding carboxylic acids is 2. The minimum atomic E-state index is -0.435. The molecule has 6 nitrogen and oxygen atoms in total. The van der Waals surface area contributed by atoms with Crippen LogP contribution in [0, 0.1) is 5.92 Å². The summed E-state index contributed by atoms with van der Waals surface area (Å²) < 4.78 is 0. The predicted octanol–water partition coefficient (Wildman–Crippen LogP) is 5.50. The zero-order valence-corrected chi connectivity index (χ0v) is 19.8. The molecule has 2 heterocycles. The lowest BCUT2D eigenvalue weighted by Crippen LogP contribution is -2.43. The molecular weight excluding hydrogens is 444 g/mol. The first-order chi connectivity index (χ1) is 15.4. The molecule has 166 valence electrons. The highest BCUT2D eigenvalue weighted by Crippen LogP contribution is 2.36. The van der Waals surface area contributed by atoms with Crippen LogP contribution in [0.15, 0.2) is 58.5 Å². The summed E-state index contributed by atoms with van der Waals surface area (Å²) in [6.45, 7) is 6.04. The largest absolute Gasteiger partial charge is 0.325 e. The highest BCUT2D eigenvalue weighted by atomic mass is 35.5. The van der Waals surface area contributed by atoms with Crippen LogP contribution >= 0.6 is 23.4 Å². The first-order valence-electron chi connectivity index (χ1n) is 10.8. The Morgan fingerprint density at radius 3 is 2.56 bits per heavy atom. The highest BCUT2D eigenvalue weighted by molar-refractivity contribution is 8.15. The van der Waals surface area contributed by atoms with Gasteiger partial charge in [-0.25, -0.2) is 9.89 Å². The number of halogens is 1. The molecule has 0 aliphatic carbocycles. The number of carbonyl (C=O) groups is 2. The minimum Gasteiger partial charge on any atom is -0.325 e. The van der Waals surface area contributed by atoms with Crippen molar-refractivity contribution in [2.45, 2.75) is 44.9 Å². The molecule has 0 spiro atoms. The number of hydrogen-bond acceptors (Lipinski definition) is 5. The monoisotopic (exact) mass is 468 g/mol. The number of nitrogens with one attached hydrogen (secondary N) is 1. The van der Waals surface area contributed by atoms with Crippen LogP contribution in [0.25, 0.3) is 0 Å². The molecule has 4 rings (SSSR count). The van der Waals surface area contributed by atoms with Crippen LogP contribution in [-0.4, -0.2) is 39.0 Å². The number of fused-ring (bicyclic) bond motifs is 3. The number of amidine groups is 2. The standard InChI is InChI=1S/C24H25ClN4O2S/c1-4-14(3)20-23(31)29-21(28-20)17-8-6-7-9-18(17)27-24(29)32-19(5-2)22(30)26-16-12-10-15(25)11-13-16/h6-14,19-20H,4-5H2,1-3H3,(H,26,30)/t14-,19+,20-/m1/s1. The molecule has 0 aromatic heterocycles. The molecule has 0 unspecified atom stereocenters. The maximum absolute atomic E-state index is 13.3. The molecule has 1 N–H and O–H groups in total. The number of nitrogens with zero attached hydrogens (tertiary/aromatic N) is 3. The molecule has 0 fully saturated rings. The van der Waals surface area contributed by atoms with Crippen LogP contribution in [0.1, 0.15) is 39.2 Å². The summed E-state index contributed by atoms with van der Waals surface area (Å²) in [5.74, 6) is 0.517. The first-order valence-corrected chi connectivity index (χ1v) is 12.0. The van der Waals surface area contributed by atoms with E-state index in [0.717, 1.165) is 17.7 Å². The molecule has 2 aromatic carbocycles. The van der Waals surface area contributed by atoms with Crippen molar-refractivity contribution < 1.29 is 9.59 Å². The molecule has 0 radical (unpaired) electrons. The number of aliphatic imine (C=N–C) groups is 2. The Morgan fingerprint density at radius 1 is 1.16 bits per heavy atom. The predicted molar refractivity (Wildman–Crippen MR) is 132 cm³/mol. The topological polar surface area (TPSA) is 74.1 Å². The first kappa shape index (κ1) is 22.6. The average molecular weight is 469 g/mol. The van der Waals surface area contributed by atoms with E-state index in [4.69, 9.17) is 21.6 Å². The Kier molecular flexibility index (Phi) is 6.67. The third-order valence-corrected chi connectivity index (χ3v) is 7.27. The molecule has 0 saturated carbocycles. The van der Waals surface area contributed by atoms with Crippen molar-refractivity contribution in [3.05, 3.63) is 59.1 Å². The maximum Gasteiger partial charge on any atom is 0.259 e. The van der Waals surface area contributed by atoms with E-state index in [9.17, 15) is 9.59 Å². The smallest absolute Gasteiger partial charge is 0.259 e. The summed E-state index contributed by atoms with van der Waals surface area (Å²) in [4.78, 5) is 37.5. The SMILES string of the molecule is CC[C@H](SC1=Nc2ccccc2C2=N[C@H]([C@H](C)CC)C(=O)N12)C(=O)Nc1ccc(Cl)cc1. The lowest BCUT2D eigenvalue weighted by atomic mass is 10.00. The molecule has 2 aliphatic heterocycles. The van der Waals surface area contributed by atoms with Crippen molar-refractivity contribution in [1.29, 1.82) is 0 Å². The second-order valence-electron chi connectivity index (χ2n) is 7.88. The van der Waals surface area contributed by atoms with Crippen LogP contribution in [-0.2, 0) is 9.59 Å². The van der Waals surface area contributed by atoms with Gasteiger partial charge in [-0.2, -0.15) is 0 Å². The minimum absolute atomic E-state index is 0.0805. The third kappa shape index (κ3) is 4.32. The molecule has 32 heavy (non-hydrogen) atoms. The van der Waals surface area contributed by atoms with Gasteiger partial charge in [-0.15, -0.1) is 0 Å². The summed E-state index contributed by atoms with van der Waals surface area (Å²) in [6, 6.07) is 14.2. The van der Waals surface area contributed by atoms with Crippen molar-refractivity contribution in [1.82, 2.24) is 4.90 Å². The molecule has 2 aliphatic rings. The van der Waals surface area contributed by atoms with Crippen molar-refractivity contribution in [3.8, 4) is 0 Å². The Morgan fingerprint density at radius 2 is 1.88 bits per heavy atom. The zero-order valence-electron chi connectivity index (χ0n) is 18.2. The third-order valence-electron chi connectivity index (χ3n) is 5.70. The van der Waals surface area contributed by atoms with Gasteiger partial charge >= 0.3 is 0 Å². The molecule has 2 amide bonds. The van der Waals surface area contributed by atoms with E-state index in [1.807, 2.05) is 38.1 Å². The number of amides is 2. The second-order valence-corrected chi connectivity index (χ2v) is 9.49. The highest BCUT2D eigenvalue weighted by Gasteiger charge is 2.43. The Balaban J connectivity index is 1.62. The van der Waals surface area contributed by atoms with E-state index < -0.39 is 11.3 Å². The fourth-order valence-corrected chi connectivity index (χ4v) is 4.79. The summed E-state index contributed by atoms with van der Waals surface area (Å²) >= 11 is 7.23. The van der Waals surface area contributed by atoms with Gasteiger partial charge in [0.25, 0.3) is 5.91 Å². The molecule has 0 bridgehead atoms. The van der Waals surface area contributed by atoms with Crippen LogP contribution in [0.4, 0.5) is 11.4 Å². The molecular formula is C24H25ClN4O2S. The fraction of sp³-hybridized carbons (Fsp3) is 0.333. The van der Waals surface area contributed by atoms with Gasteiger partial charge in [-0.05, 0) is 48.7 Å². The van der Waals surface area contributed by atoms with E-state index in [1.165, 1.54) is 11.8 Å². The molecule has 0 saturated heterocycles. The molecule has 3 atom stereocenters. The second kappa shape index (κ2) is 9.46. The Labute approximate surface area is 197 Å². The van der Waals surface area contributed by atoms with Crippen LogP contribution in [0.5, 0.6) is 0 Å². The Bertz CT molecular complexity index is 1100. The van der Waals surface area contributed by atoms with Crippen molar-refractivity contribution in [3.63, 3.8) is 0 Å². The quantitative estimate of drug-likeness (QED) is 0.608. The van der Waals surface area contributed by atoms with E-state index in [2.05, 4.69) is 12.2 Å². The van der Waals surface area contributed by atoms with E-state index in [-0.39, 0.29) is 17.7 Å². The van der Waals surface area contributed by atoms with Crippen LogP contribution < -0.4 is 5.32 Å². The van der Waals surface area contributed by atoms with E-state index in [0.29, 0.717) is 28.1 Å². The van der Waals surface area contributed by atoms with Gasteiger partial charge in [0, 0.05) is 16.3 Å². The number of anilines is 1. The number of para-hydroxylation sites is 1. The van der Waals surface area contributed by atoms with Gasteiger partial charge in [-0.1, -0.05) is 62.7 Å². The number of hydrogen-bond donors (Lipinski definition) is 1. The summed E-state index contributed by atoms with van der Waals surface area (Å²) in [6.07, 6.45) is 1.43. The van der Waals surface area contributed by atoms with Crippen molar-refractivity contribution in [2.75, 3.05) is 5.32 Å². The normalized spacial score (nSPS) is 18.9. The number of rotatable bonds is 6. The number of thioether (sulfide) groups is 1. The number of benzene rings is 2. The van der Waals surface area contributed by atoms with Crippen molar-refractivity contribution >= 4 is 57.6 Å². The zero-order chi connectivity index (χ0) is 22.8. The molecule has 8 heteroatoms. The van der Waals surface area contributed by atoms with Gasteiger partial charge in [0.15, 0.2) is 5.17 Å². The van der Waals surface area contributed by atoms with Gasteiger partial charge in [0.1, 0.15) is 11.9 Å². The lowest BCUT2D eigenvalue weighted by Gasteiger charge is -2.27. The summed E-state index contributed by atoms with van der Waals surface area (Å²) in [7, 11) is 0. The average Bonchev–Trinajstić information content (AvgIpc) is 3.16. The molecule has 2 aromatic rings. The maximum atomic E-state index is 13.3. The van der Waals surface area contributed by atoms with Gasteiger partial charge in [0.2, 0.25) is 5.91 Å². The van der Waals surface area contributed by atoms with Gasteiger partial charge in [-0.3, -0.25) is 14.6 Å². The summed E-state index contributed by atoms with van der Waals surface area (Å²) in [5, 5.41) is 3.61. The van der Waals surface area contributed by atoms with E-state index in [1.54, 1.807) is 29.2 Å². The Hall–Kier alpha value is -2.64. The van der Waals surface area contributed by atoms with Gasteiger partial charge in [0.05, 0.1) is 10.9 Å². The van der Waals surface area contributed by atoms with Crippen LogP contribution in [0.2, 0.25) is 5.02 Å². The lowest BCUT2D eigenvalue weighted by molar-refractivity contribution is -0.125. The summed E-state index contributed by atoms with van der Waals surface area (Å²) in [5.41, 5.74) is 2.27.